The average molecular weight is 375 g/mol. The van der Waals surface area contributed by atoms with Gasteiger partial charge in [-0.05, 0) is 39.9 Å². The molecule has 1 aliphatic rings. The van der Waals surface area contributed by atoms with Gasteiger partial charge >= 0.3 is 0 Å². The van der Waals surface area contributed by atoms with Crippen molar-refractivity contribution in [3.63, 3.8) is 0 Å². The smallest absolute Gasteiger partial charge is 0.224 e. The van der Waals surface area contributed by atoms with Crippen molar-refractivity contribution in [3.8, 4) is 11.5 Å². The minimum absolute atomic E-state index is 0.0185. The molecular formula is C24H25NO3. The summed E-state index contributed by atoms with van der Waals surface area (Å²) in [7, 11) is 0. The van der Waals surface area contributed by atoms with E-state index < -0.39 is 0 Å². The minimum Gasteiger partial charge on any atom is -0.486 e. The highest BCUT2D eigenvalue weighted by Crippen LogP contribution is 2.34. The Kier molecular flexibility index (Phi) is 5.20. The number of amides is 1. The van der Waals surface area contributed by atoms with Crippen LogP contribution in [0.2, 0.25) is 0 Å². The first-order chi connectivity index (χ1) is 13.6. The molecule has 1 aliphatic heterocycles. The maximum Gasteiger partial charge on any atom is 0.224 e. The molecule has 28 heavy (non-hydrogen) atoms. The van der Waals surface area contributed by atoms with Crippen LogP contribution in [0.1, 0.15) is 31.0 Å². The highest BCUT2D eigenvalue weighted by atomic mass is 16.6. The molecule has 0 saturated carbocycles. The number of ether oxygens (including phenoxy) is 2. The standard InChI is InChI=1S/C24H25NO3/c1-16(2)24(19-10-11-21-22(14-19)28-13-12-27-21)25-23(26)15-18-8-5-7-17-6-3-4-9-20(17)18/h3-11,14,16,24H,12-13,15H2,1-2H3,(H,25,26). The predicted molar refractivity (Wildman–Crippen MR) is 111 cm³/mol. The van der Waals surface area contributed by atoms with Crippen molar-refractivity contribution in [2.75, 3.05) is 13.2 Å². The summed E-state index contributed by atoms with van der Waals surface area (Å²) in [5, 5.41) is 5.50. The summed E-state index contributed by atoms with van der Waals surface area (Å²) in [4.78, 5) is 12.9. The predicted octanol–water partition coefficient (Wildman–Crippen LogP) is 4.67. The van der Waals surface area contributed by atoms with Crippen LogP contribution in [0, 0.1) is 5.92 Å². The van der Waals surface area contributed by atoms with Crippen molar-refractivity contribution < 1.29 is 14.3 Å². The quantitative estimate of drug-likeness (QED) is 0.705. The first kappa shape index (κ1) is 18.4. The molecule has 1 unspecified atom stereocenters. The molecule has 0 fully saturated rings. The highest BCUT2D eigenvalue weighted by molar-refractivity contribution is 5.90. The summed E-state index contributed by atoms with van der Waals surface area (Å²) in [5.74, 6) is 1.78. The second kappa shape index (κ2) is 7.93. The Hall–Kier alpha value is -3.01. The van der Waals surface area contributed by atoms with Crippen LogP contribution in [-0.4, -0.2) is 19.1 Å². The lowest BCUT2D eigenvalue weighted by Gasteiger charge is -2.25. The van der Waals surface area contributed by atoms with Crippen molar-refractivity contribution in [1.29, 1.82) is 0 Å². The Morgan fingerprint density at radius 3 is 2.54 bits per heavy atom. The SMILES string of the molecule is CC(C)C(NC(=O)Cc1cccc2ccccc12)c1ccc2c(c1)OCCO2. The third kappa shape index (κ3) is 3.81. The largest absolute Gasteiger partial charge is 0.486 e. The molecule has 1 atom stereocenters. The van der Waals surface area contributed by atoms with E-state index in [4.69, 9.17) is 9.47 Å². The zero-order valence-corrected chi connectivity index (χ0v) is 16.3. The molecule has 1 amide bonds. The lowest BCUT2D eigenvalue weighted by molar-refractivity contribution is -0.121. The van der Waals surface area contributed by atoms with Gasteiger partial charge < -0.3 is 14.8 Å². The van der Waals surface area contributed by atoms with Crippen LogP contribution in [0.5, 0.6) is 11.5 Å². The number of rotatable bonds is 5. The first-order valence-electron chi connectivity index (χ1n) is 9.77. The van der Waals surface area contributed by atoms with Gasteiger partial charge in [-0.15, -0.1) is 0 Å². The molecule has 1 N–H and O–H groups in total. The molecule has 4 nitrogen and oxygen atoms in total. The average Bonchev–Trinajstić information content (AvgIpc) is 2.72. The molecule has 0 saturated heterocycles. The van der Waals surface area contributed by atoms with E-state index in [0.717, 1.165) is 33.4 Å². The van der Waals surface area contributed by atoms with Gasteiger partial charge in [-0.1, -0.05) is 62.4 Å². The van der Waals surface area contributed by atoms with E-state index in [1.54, 1.807) is 0 Å². The fraction of sp³-hybridized carbons (Fsp3) is 0.292. The topological polar surface area (TPSA) is 47.6 Å². The number of carbonyl (C=O) groups excluding carboxylic acids is 1. The molecule has 3 aromatic carbocycles. The summed E-state index contributed by atoms with van der Waals surface area (Å²) in [5.41, 5.74) is 2.07. The highest BCUT2D eigenvalue weighted by Gasteiger charge is 2.21. The molecule has 0 bridgehead atoms. The van der Waals surface area contributed by atoms with E-state index in [2.05, 4.69) is 37.4 Å². The van der Waals surface area contributed by atoms with Gasteiger partial charge in [0.15, 0.2) is 11.5 Å². The Morgan fingerprint density at radius 2 is 1.71 bits per heavy atom. The van der Waals surface area contributed by atoms with Crippen molar-refractivity contribution in [2.24, 2.45) is 5.92 Å². The van der Waals surface area contributed by atoms with Gasteiger partial charge in [0.1, 0.15) is 13.2 Å². The number of benzene rings is 3. The Bertz CT molecular complexity index is 991. The van der Waals surface area contributed by atoms with Gasteiger partial charge in [0.05, 0.1) is 12.5 Å². The number of carbonyl (C=O) groups is 1. The van der Waals surface area contributed by atoms with E-state index in [9.17, 15) is 4.79 Å². The molecule has 3 aromatic rings. The monoisotopic (exact) mass is 375 g/mol. The van der Waals surface area contributed by atoms with Gasteiger partial charge in [-0.3, -0.25) is 4.79 Å². The number of fused-ring (bicyclic) bond motifs is 2. The molecule has 0 spiro atoms. The molecule has 0 aliphatic carbocycles. The van der Waals surface area contributed by atoms with Crippen LogP contribution in [-0.2, 0) is 11.2 Å². The maximum atomic E-state index is 12.9. The van der Waals surface area contributed by atoms with E-state index in [1.807, 2.05) is 42.5 Å². The van der Waals surface area contributed by atoms with Crippen molar-refractivity contribution in [2.45, 2.75) is 26.3 Å². The fourth-order valence-electron chi connectivity index (χ4n) is 3.73. The number of hydrogen-bond donors (Lipinski definition) is 1. The second-order valence-electron chi connectivity index (χ2n) is 7.51. The lowest BCUT2D eigenvalue weighted by Crippen LogP contribution is -2.33. The normalized spacial score (nSPS) is 14.1. The summed E-state index contributed by atoms with van der Waals surface area (Å²) in [6.45, 7) is 5.34. The summed E-state index contributed by atoms with van der Waals surface area (Å²) in [6.07, 6.45) is 0.356. The fourth-order valence-corrected chi connectivity index (χ4v) is 3.73. The Morgan fingerprint density at radius 1 is 0.964 bits per heavy atom. The van der Waals surface area contributed by atoms with Gasteiger partial charge in [0, 0.05) is 0 Å². The second-order valence-corrected chi connectivity index (χ2v) is 7.51. The molecule has 0 aromatic heterocycles. The van der Waals surface area contributed by atoms with E-state index in [0.29, 0.717) is 19.6 Å². The van der Waals surface area contributed by atoms with Crippen LogP contribution in [0.15, 0.2) is 60.7 Å². The van der Waals surface area contributed by atoms with Gasteiger partial charge in [0.25, 0.3) is 0 Å². The van der Waals surface area contributed by atoms with Gasteiger partial charge in [0.2, 0.25) is 5.91 Å². The minimum atomic E-state index is -0.0849. The van der Waals surface area contributed by atoms with Crippen molar-refractivity contribution in [1.82, 2.24) is 5.32 Å². The number of hydrogen-bond acceptors (Lipinski definition) is 3. The summed E-state index contributed by atoms with van der Waals surface area (Å²) in [6, 6.07) is 20.1. The van der Waals surface area contributed by atoms with Crippen LogP contribution in [0.3, 0.4) is 0 Å². The maximum absolute atomic E-state index is 12.9. The Labute approximate surface area is 165 Å². The third-order valence-electron chi connectivity index (χ3n) is 5.14. The lowest BCUT2D eigenvalue weighted by atomic mass is 9.95. The number of nitrogens with one attached hydrogen (secondary N) is 1. The molecule has 0 radical (unpaired) electrons. The molecule has 1 heterocycles. The molecule has 4 heteroatoms. The van der Waals surface area contributed by atoms with Crippen LogP contribution >= 0.6 is 0 Å². The van der Waals surface area contributed by atoms with E-state index in [1.165, 1.54) is 0 Å². The Balaban J connectivity index is 1.54. The molecule has 144 valence electrons. The van der Waals surface area contributed by atoms with Crippen molar-refractivity contribution >= 4 is 16.7 Å². The zero-order chi connectivity index (χ0) is 19.5. The van der Waals surface area contributed by atoms with Crippen LogP contribution in [0.25, 0.3) is 10.8 Å². The van der Waals surface area contributed by atoms with Crippen molar-refractivity contribution in [3.05, 3.63) is 71.8 Å². The first-order valence-corrected chi connectivity index (χ1v) is 9.77. The van der Waals surface area contributed by atoms with Gasteiger partial charge in [-0.25, -0.2) is 0 Å². The summed E-state index contributed by atoms with van der Waals surface area (Å²) < 4.78 is 11.3. The van der Waals surface area contributed by atoms with E-state index >= 15 is 0 Å². The molecular weight excluding hydrogens is 350 g/mol. The van der Waals surface area contributed by atoms with Crippen LogP contribution in [0.4, 0.5) is 0 Å². The van der Waals surface area contributed by atoms with E-state index in [-0.39, 0.29) is 17.9 Å². The summed E-state index contributed by atoms with van der Waals surface area (Å²) >= 11 is 0. The van der Waals surface area contributed by atoms with Gasteiger partial charge in [-0.2, -0.15) is 0 Å². The zero-order valence-electron chi connectivity index (χ0n) is 16.3. The third-order valence-corrected chi connectivity index (χ3v) is 5.14. The van der Waals surface area contributed by atoms with Crippen LogP contribution < -0.4 is 14.8 Å². The molecule has 4 rings (SSSR count).